The van der Waals surface area contributed by atoms with Crippen molar-refractivity contribution in [2.24, 2.45) is 22.7 Å². The molecule has 0 spiro atoms. The number of pyridine rings is 4. The number of hydrogen-bond donors (Lipinski definition) is 3. The minimum absolute atomic E-state index is 0.109. The van der Waals surface area contributed by atoms with E-state index in [1.807, 2.05) is 4.72 Å². The van der Waals surface area contributed by atoms with Crippen molar-refractivity contribution in [3.63, 3.8) is 0 Å². The molecule has 9 heterocycles. The molecule has 22 nitrogen and oxygen atoms in total. The average Bonchev–Trinajstić information content (AvgIpc) is 4.20. The first kappa shape index (κ1) is 59.3. The van der Waals surface area contributed by atoms with Crippen LogP contribution in [0, 0.1) is 22.7 Å². The van der Waals surface area contributed by atoms with Crippen LogP contribution in [-0.4, -0.2) is 119 Å². The van der Waals surface area contributed by atoms with Crippen LogP contribution in [0.5, 0.6) is 23.5 Å². The molecular weight excluding hydrogens is 1120 g/mol. The third-order valence-corrected chi connectivity index (χ3v) is 19.0. The molecule has 2 amide bonds. The molecule has 83 heavy (non-hydrogen) atoms. The van der Waals surface area contributed by atoms with Gasteiger partial charge in [0.25, 0.3) is 31.9 Å². The zero-order chi connectivity index (χ0) is 58.8. The maximum atomic E-state index is 13.5. The standard InChI is InChI=1S/C29H37ClN6O5S.C29H36N6O5S/c1-28(2)18-20(19-31-28)6-5-16-40-23-7-4-8-25(33-23)42(38,39)35-27(37)21-9-10-22(32-26(21)30)36-15-11-24(34-36)41-17-14-29(3)12-13-29;1-28(2)18-20-6-5-16-39-23-7-4-8-25(31-23)41(37,38)33-27(36)21-9-10-22(30-26(21)34(28)19-20)35-15-11-24(32-35)40-17-14-29(3)12-13-29/h4,7-11,15,20,31H,5-6,12-14,16-19H2,1-3H3,(H,35,37);4,7-11,15,20H,5-6,12-14,16-19H2,1-3H3,(H,33,36). The molecule has 5 aliphatic rings. The molecule has 2 saturated heterocycles. The van der Waals surface area contributed by atoms with Crippen molar-refractivity contribution in [2.45, 2.75) is 140 Å². The third kappa shape index (κ3) is 15.1. The van der Waals surface area contributed by atoms with E-state index in [9.17, 15) is 26.4 Å². The van der Waals surface area contributed by atoms with Crippen molar-refractivity contribution >= 4 is 49.3 Å². The minimum Gasteiger partial charge on any atom is -0.478 e. The first-order chi connectivity index (χ1) is 39.4. The Morgan fingerprint density at radius 3 is 2.08 bits per heavy atom. The number of carbonyl (C=O) groups excluding carboxylic acids is 2. The Morgan fingerprint density at radius 1 is 0.783 bits per heavy atom. The quantitative estimate of drug-likeness (QED) is 0.0536. The van der Waals surface area contributed by atoms with Crippen molar-refractivity contribution in [2.75, 3.05) is 44.4 Å². The number of sulfonamides is 2. The van der Waals surface area contributed by atoms with Gasteiger partial charge < -0.3 is 29.2 Å². The summed E-state index contributed by atoms with van der Waals surface area (Å²) in [5.41, 5.74) is 0.684. The lowest BCUT2D eigenvalue weighted by atomic mass is 9.93. The highest BCUT2D eigenvalue weighted by molar-refractivity contribution is 7.90. The molecule has 6 aromatic heterocycles. The van der Waals surface area contributed by atoms with Crippen LogP contribution in [0.15, 0.2) is 95.2 Å². The number of nitrogens with one attached hydrogen (secondary N) is 3. The molecule has 0 aromatic carbocycles. The highest BCUT2D eigenvalue weighted by Gasteiger charge is 2.42. The van der Waals surface area contributed by atoms with Gasteiger partial charge in [-0.15, -0.1) is 10.2 Å². The van der Waals surface area contributed by atoms with E-state index in [0.29, 0.717) is 84.9 Å². The lowest BCUT2D eigenvalue weighted by molar-refractivity contribution is 0.0972. The van der Waals surface area contributed by atoms with E-state index < -0.39 is 31.9 Å². The number of fused-ring (bicyclic) bond motifs is 6. The zero-order valence-electron chi connectivity index (χ0n) is 47.8. The zero-order valence-corrected chi connectivity index (χ0v) is 50.2. The Hall–Kier alpha value is -6.89. The molecule has 4 bridgehead atoms. The van der Waals surface area contributed by atoms with Gasteiger partial charge in [0.2, 0.25) is 23.5 Å². The van der Waals surface area contributed by atoms with E-state index in [2.05, 4.69) is 81.6 Å². The van der Waals surface area contributed by atoms with Crippen LogP contribution in [0.1, 0.15) is 139 Å². The second kappa shape index (κ2) is 24.0. The number of rotatable bonds is 18. The lowest BCUT2D eigenvalue weighted by Crippen LogP contribution is -2.41. The van der Waals surface area contributed by atoms with Crippen LogP contribution in [0.2, 0.25) is 5.15 Å². The number of amides is 2. The number of aromatic nitrogens is 8. The smallest absolute Gasteiger partial charge is 0.281 e. The van der Waals surface area contributed by atoms with Gasteiger partial charge in [-0.2, -0.15) is 26.8 Å². The number of nitrogens with zero attached hydrogens (tertiary/aromatic N) is 9. The van der Waals surface area contributed by atoms with Crippen molar-refractivity contribution in [3.8, 4) is 35.2 Å². The molecule has 2 aliphatic carbocycles. The Morgan fingerprint density at radius 2 is 1.43 bits per heavy atom. The number of anilines is 1. The summed E-state index contributed by atoms with van der Waals surface area (Å²) in [6.07, 6.45) is 15.9. The van der Waals surface area contributed by atoms with Gasteiger partial charge in [-0.05, 0) is 170 Å². The van der Waals surface area contributed by atoms with Crippen LogP contribution in [0.3, 0.4) is 0 Å². The Kier molecular flexibility index (Phi) is 17.1. The van der Waals surface area contributed by atoms with Gasteiger partial charge in [0, 0.05) is 54.3 Å². The Labute approximate surface area is 489 Å². The monoisotopic (exact) mass is 1200 g/mol. The van der Waals surface area contributed by atoms with Gasteiger partial charge in [0.05, 0.1) is 37.6 Å². The predicted octanol–water partition coefficient (Wildman–Crippen LogP) is 8.68. The summed E-state index contributed by atoms with van der Waals surface area (Å²) in [5, 5.41) is 11.6. The number of halogens is 1. The summed E-state index contributed by atoms with van der Waals surface area (Å²) in [7, 11) is -8.56. The molecule has 25 heteroatoms. The van der Waals surface area contributed by atoms with Gasteiger partial charge in [-0.3, -0.25) is 9.59 Å². The number of hydrogen-bond acceptors (Lipinski definition) is 18. The van der Waals surface area contributed by atoms with Crippen molar-refractivity contribution in [1.29, 1.82) is 0 Å². The summed E-state index contributed by atoms with van der Waals surface area (Å²) < 4.78 is 82.5. The van der Waals surface area contributed by atoms with E-state index >= 15 is 0 Å². The summed E-state index contributed by atoms with van der Waals surface area (Å²) >= 11 is 6.28. The van der Waals surface area contributed by atoms with Crippen molar-refractivity contribution in [3.05, 3.63) is 101 Å². The van der Waals surface area contributed by atoms with Gasteiger partial charge in [0.15, 0.2) is 21.7 Å². The molecule has 11 rings (SSSR count). The third-order valence-electron chi connectivity index (χ3n) is 16.2. The SMILES string of the molecule is CC1(CCOc2ccn(-c3ccc(C(=O)NS(=O)(=O)c4cccc(OCCCC5CNC(C)(C)C5)n4)c(Cl)n3)n2)CC1.CC1(CCOc2ccn(-c3ccc4c(n3)N3CC(CCCOc5cccc(n5)S(=O)(=O)NC4=O)CC3(C)C)n2)CC1. The van der Waals surface area contributed by atoms with E-state index in [-0.39, 0.29) is 49.2 Å². The normalized spacial score (nSPS) is 20.7. The average molecular weight is 1200 g/mol. The molecule has 2 atom stereocenters. The fraction of sp³-hybridized carbons (Fsp3) is 0.517. The van der Waals surface area contributed by atoms with Gasteiger partial charge >= 0.3 is 0 Å². The van der Waals surface area contributed by atoms with Gasteiger partial charge in [-0.1, -0.05) is 37.6 Å². The van der Waals surface area contributed by atoms with E-state index in [1.54, 1.807) is 59.5 Å². The maximum absolute atomic E-state index is 13.5. The molecule has 3 N–H and O–H groups in total. The summed E-state index contributed by atoms with van der Waals surface area (Å²) in [6, 6.07) is 18.6. The van der Waals surface area contributed by atoms with Crippen LogP contribution >= 0.6 is 11.6 Å². The highest BCUT2D eigenvalue weighted by atomic mass is 35.5. The fourth-order valence-electron chi connectivity index (χ4n) is 10.7. The second-order valence-electron chi connectivity index (χ2n) is 24.4. The maximum Gasteiger partial charge on any atom is 0.281 e. The largest absolute Gasteiger partial charge is 0.478 e. The predicted molar refractivity (Wildman–Crippen MR) is 310 cm³/mol. The summed E-state index contributed by atoms with van der Waals surface area (Å²) in [5.74, 6) is 1.84. The topological polar surface area (TPSA) is 266 Å². The van der Waals surface area contributed by atoms with Crippen LogP contribution < -0.4 is 38.6 Å². The highest BCUT2D eigenvalue weighted by Crippen LogP contribution is 2.49. The molecule has 0 radical (unpaired) electrons. The molecule has 2 saturated carbocycles. The van der Waals surface area contributed by atoms with E-state index in [0.717, 1.165) is 57.9 Å². The van der Waals surface area contributed by atoms with E-state index in [4.69, 9.17) is 35.5 Å². The second-order valence-corrected chi connectivity index (χ2v) is 28.0. The first-order valence-electron chi connectivity index (χ1n) is 28.3. The lowest BCUT2D eigenvalue weighted by Gasteiger charge is -2.34. The Balaban J connectivity index is 0.000000185. The van der Waals surface area contributed by atoms with Crippen molar-refractivity contribution < 1.29 is 45.4 Å². The number of ether oxygens (including phenoxy) is 4. The molecular formula is C58H73ClN12O10S2. The molecule has 3 aliphatic heterocycles. The van der Waals surface area contributed by atoms with Crippen LogP contribution in [-0.2, 0) is 20.0 Å². The minimum atomic E-state index is -4.30. The van der Waals surface area contributed by atoms with Crippen LogP contribution in [0.25, 0.3) is 11.6 Å². The van der Waals surface area contributed by atoms with Crippen LogP contribution in [0.4, 0.5) is 5.82 Å². The number of carbonyl (C=O) groups is 2. The summed E-state index contributed by atoms with van der Waals surface area (Å²) in [6.45, 7) is 16.8. The molecule has 6 aromatic rings. The molecule has 444 valence electrons. The van der Waals surface area contributed by atoms with E-state index in [1.165, 1.54) is 60.7 Å². The van der Waals surface area contributed by atoms with Gasteiger partial charge in [0.1, 0.15) is 11.0 Å². The molecule has 2 unspecified atom stereocenters. The Bertz CT molecular complexity index is 3570. The summed E-state index contributed by atoms with van der Waals surface area (Å²) in [4.78, 5) is 45.8. The first-order valence-corrected chi connectivity index (χ1v) is 31.7. The van der Waals surface area contributed by atoms with Crippen molar-refractivity contribution in [1.82, 2.24) is 54.3 Å². The fourth-order valence-corrected chi connectivity index (χ4v) is 12.8. The van der Waals surface area contributed by atoms with Gasteiger partial charge in [-0.25, -0.2) is 28.8 Å². The molecule has 4 fully saturated rings.